The molecule has 1 atom stereocenters. The van der Waals surface area contributed by atoms with Crippen LogP contribution in [0.4, 0.5) is 0 Å². The number of morpholine rings is 1. The van der Waals surface area contributed by atoms with E-state index in [-0.39, 0.29) is 24.1 Å². The van der Waals surface area contributed by atoms with E-state index in [9.17, 15) is 4.79 Å². The van der Waals surface area contributed by atoms with E-state index in [1.165, 1.54) is 0 Å². The van der Waals surface area contributed by atoms with Gasteiger partial charge in [-0.3, -0.25) is 9.69 Å². The summed E-state index contributed by atoms with van der Waals surface area (Å²) in [5.74, 6) is 0.740. The molecule has 1 aliphatic rings. The van der Waals surface area contributed by atoms with Crippen molar-refractivity contribution < 1.29 is 14.3 Å². The number of ketones is 1. The minimum absolute atomic E-state index is 0. The lowest BCUT2D eigenvalue weighted by atomic mass is 9.90. The number of carbonyl (C=O) groups excluding carboxylic acids is 1. The lowest BCUT2D eigenvalue weighted by Crippen LogP contribution is -2.40. The van der Waals surface area contributed by atoms with Crippen LogP contribution in [0.2, 0.25) is 0 Å². The van der Waals surface area contributed by atoms with E-state index in [0.717, 1.165) is 49.7 Å². The molecule has 1 unspecified atom stereocenters. The summed E-state index contributed by atoms with van der Waals surface area (Å²) in [7, 11) is 1.63. The minimum Gasteiger partial charge on any atom is -0.497 e. The van der Waals surface area contributed by atoms with Crippen molar-refractivity contribution in [2.24, 2.45) is 0 Å². The largest absolute Gasteiger partial charge is 0.497 e. The Balaban J connectivity index is 0.00000225. The molecule has 25 heavy (non-hydrogen) atoms. The second-order valence-corrected chi connectivity index (χ2v) is 5.97. The molecular weight excluding hydrogens is 338 g/mol. The van der Waals surface area contributed by atoms with Gasteiger partial charge in [-0.25, -0.2) is 0 Å². The molecule has 0 aromatic heterocycles. The molecule has 2 aromatic carbocycles. The summed E-state index contributed by atoms with van der Waals surface area (Å²) in [4.78, 5) is 15.4. The van der Waals surface area contributed by atoms with Crippen molar-refractivity contribution in [3.8, 4) is 5.75 Å². The summed E-state index contributed by atoms with van der Waals surface area (Å²) in [6.07, 6.45) is 0. The third kappa shape index (κ3) is 5.05. The van der Waals surface area contributed by atoms with E-state index in [1.807, 2.05) is 54.6 Å². The smallest absolute Gasteiger partial charge is 0.171 e. The summed E-state index contributed by atoms with van der Waals surface area (Å²) < 4.78 is 10.6. The van der Waals surface area contributed by atoms with E-state index >= 15 is 0 Å². The molecule has 0 bridgehead atoms. The van der Waals surface area contributed by atoms with Gasteiger partial charge < -0.3 is 9.47 Å². The van der Waals surface area contributed by atoms with Gasteiger partial charge >= 0.3 is 0 Å². The standard InChI is InChI=1S/C20H23NO3.ClH/c1-23-18-9-7-17(8-10-18)20(22)19(16-5-3-2-4-6-16)15-21-11-13-24-14-12-21;/h2-10,19H,11-15H2,1H3;1H. The molecular formula is C20H24ClNO3. The minimum atomic E-state index is -0.169. The average Bonchev–Trinajstić information content (AvgIpc) is 2.67. The molecule has 0 N–H and O–H groups in total. The molecule has 2 aromatic rings. The van der Waals surface area contributed by atoms with Gasteiger partial charge in [0.25, 0.3) is 0 Å². The first-order valence-corrected chi connectivity index (χ1v) is 8.31. The number of benzene rings is 2. The van der Waals surface area contributed by atoms with Crippen LogP contribution in [0, 0.1) is 0 Å². The van der Waals surface area contributed by atoms with E-state index < -0.39 is 0 Å². The second kappa shape index (κ2) is 9.56. The lowest BCUT2D eigenvalue weighted by Gasteiger charge is -2.30. The highest BCUT2D eigenvalue weighted by molar-refractivity contribution is 6.01. The van der Waals surface area contributed by atoms with Crippen molar-refractivity contribution in [3.63, 3.8) is 0 Å². The number of rotatable bonds is 6. The highest BCUT2D eigenvalue weighted by Crippen LogP contribution is 2.24. The van der Waals surface area contributed by atoms with Crippen molar-refractivity contribution in [2.75, 3.05) is 40.0 Å². The van der Waals surface area contributed by atoms with Gasteiger partial charge in [-0.15, -0.1) is 12.4 Å². The zero-order chi connectivity index (χ0) is 16.8. The zero-order valence-electron chi connectivity index (χ0n) is 14.4. The second-order valence-electron chi connectivity index (χ2n) is 5.97. The maximum Gasteiger partial charge on any atom is 0.171 e. The highest BCUT2D eigenvalue weighted by atomic mass is 35.5. The van der Waals surface area contributed by atoms with Crippen LogP contribution >= 0.6 is 12.4 Å². The first-order valence-electron chi connectivity index (χ1n) is 8.31. The fraction of sp³-hybridized carbons (Fsp3) is 0.350. The summed E-state index contributed by atoms with van der Waals surface area (Å²) >= 11 is 0. The molecule has 134 valence electrons. The summed E-state index contributed by atoms with van der Waals surface area (Å²) in [6.45, 7) is 3.94. The monoisotopic (exact) mass is 361 g/mol. The zero-order valence-corrected chi connectivity index (χ0v) is 15.2. The van der Waals surface area contributed by atoms with Crippen LogP contribution in [-0.2, 0) is 4.74 Å². The van der Waals surface area contributed by atoms with Crippen LogP contribution in [0.25, 0.3) is 0 Å². The van der Waals surface area contributed by atoms with E-state index in [2.05, 4.69) is 4.90 Å². The number of hydrogen-bond donors (Lipinski definition) is 0. The number of Topliss-reactive ketones (excluding diaryl/α,β-unsaturated/α-hetero) is 1. The highest BCUT2D eigenvalue weighted by Gasteiger charge is 2.25. The number of carbonyl (C=O) groups is 1. The molecule has 0 spiro atoms. The fourth-order valence-electron chi connectivity index (χ4n) is 3.02. The van der Waals surface area contributed by atoms with Crippen molar-refractivity contribution >= 4 is 18.2 Å². The topological polar surface area (TPSA) is 38.8 Å². The van der Waals surface area contributed by atoms with Gasteiger partial charge in [0.15, 0.2) is 5.78 Å². The first kappa shape index (κ1) is 19.4. The first-order chi connectivity index (χ1) is 11.8. The predicted molar refractivity (Wildman–Crippen MR) is 101 cm³/mol. The molecule has 4 nitrogen and oxygen atoms in total. The van der Waals surface area contributed by atoms with Crippen molar-refractivity contribution in [1.82, 2.24) is 4.90 Å². The Hall–Kier alpha value is -1.88. The van der Waals surface area contributed by atoms with E-state index in [0.29, 0.717) is 0 Å². The molecule has 3 rings (SSSR count). The summed E-state index contributed by atoms with van der Waals surface area (Å²) in [5, 5.41) is 0. The Morgan fingerprint density at radius 3 is 2.32 bits per heavy atom. The van der Waals surface area contributed by atoms with Crippen LogP contribution in [-0.4, -0.2) is 50.6 Å². The summed E-state index contributed by atoms with van der Waals surface area (Å²) in [6, 6.07) is 17.4. The van der Waals surface area contributed by atoms with Crippen molar-refractivity contribution in [1.29, 1.82) is 0 Å². The Morgan fingerprint density at radius 1 is 1.08 bits per heavy atom. The number of ether oxygens (including phenoxy) is 2. The van der Waals surface area contributed by atoms with Gasteiger partial charge in [0.05, 0.1) is 26.2 Å². The van der Waals surface area contributed by atoms with Gasteiger partial charge in [0.1, 0.15) is 5.75 Å². The van der Waals surface area contributed by atoms with Gasteiger partial charge in [-0.2, -0.15) is 0 Å². The predicted octanol–water partition coefficient (Wildman–Crippen LogP) is 3.42. The molecule has 5 heteroatoms. The van der Waals surface area contributed by atoms with Gasteiger partial charge in [0, 0.05) is 25.2 Å². The third-order valence-electron chi connectivity index (χ3n) is 4.44. The number of methoxy groups -OCH3 is 1. The third-order valence-corrected chi connectivity index (χ3v) is 4.44. The van der Waals surface area contributed by atoms with E-state index in [4.69, 9.17) is 9.47 Å². The lowest BCUT2D eigenvalue weighted by molar-refractivity contribution is 0.0345. The normalized spacial score (nSPS) is 15.9. The average molecular weight is 362 g/mol. The Labute approximate surface area is 155 Å². The fourth-order valence-corrected chi connectivity index (χ4v) is 3.02. The molecule has 1 heterocycles. The van der Waals surface area contributed by atoms with Crippen LogP contribution in [0.1, 0.15) is 21.8 Å². The van der Waals surface area contributed by atoms with Crippen LogP contribution < -0.4 is 4.74 Å². The molecule has 0 amide bonds. The SMILES string of the molecule is COc1ccc(C(=O)C(CN2CCOCC2)c2ccccc2)cc1.Cl. The number of nitrogens with zero attached hydrogens (tertiary/aromatic N) is 1. The molecule has 0 aliphatic carbocycles. The van der Waals surface area contributed by atoms with Crippen LogP contribution in [0.15, 0.2) is 54.6 Å². The van der Waals surface area contributed by atoms with Crippen LogP contribution in [0.3, 0.4) is 0 Å². The maximum atomic E-state index is 13.1. The number of halogens is 1. The summed E-state index contributed by atoms with van der Waals surface area (Å²) in [5.41, 5.74) is 1.78. The Kier molecular flexibility index (Phi) is 7.44. The quantitative estimate of drug-likeness (QED) is 0.739. The van der Waals surface area contributed by atoms with Crippen molar-refractivity contribution in [3.05, 3.63) is 65.7 Å². The molecule has 1 fully saturated rings. The molecule has 0 radical (unpaired) electrons. The van der Waals surface area contributed by atoms with Gasteiger partial charge in [0.2, 0.25) is 0 Å². The van der Waals surface area contributed by atoms with E-state index in [1.54, 1.807) is 7.11 Å². The molecule has 1 saturated heterocycles. The Bertz CT molecular complexity index is 654. The van der Waals surface area contributed by atoms with Crippen LogP contribution in [0.5, 0.6) is 5.75 Å². The molecule has 0 saturated carbocycles. The van der Waals surface area contributed by atoms with Gasteiger partial charge in [-0.05, 0) is 29.8 Å². The Morgan fingerprint density at radius 2 is 1.72 bits per heavy atom. The maximum absolute atomic E-state index is 13.1. The number of hydrogen-bond acceptors (Lipinski definition) is 4. The van der Waals surface area contributed by atoms with Crippen molar-refractivity contribution in [2.45, 2.75) is 5.92 Å². The molecule has 1 aliphatic heterocycles. The van der Waals surface area contributed by atoms with Gasteiger partial charge in [-0.1, -0.05) is 30.3 Å².